The van der Waals surface area contributed by atoms with E-state index in [0.717, 1.165) is 6.42 Å². The Morgan fingerprint density at radius 1 is 1.12 bits per heavy atom. The highest BCUT2D eigenvalue weighted by molar-refractivity contribution is 6.02. The molecule has 1 fully saturated rings. The van der Waals surface area contributed by atoms with Crippen LogP contribution in [0.25, 0.3) is 11.1 Å². The van der Waals surface area contributed by atoms with Gasteiger partial charge in [0, 0.05) is 31.3 Å². The minimum atomic E-state index is -0.322. The Kier molecular flexibility index (Phi) is 7.61. The van der Waals surface area contributed by atoms with Gasteiger partial charge < -0.3 is 14.5 Å². The molecule has 0 N–H and O–H groups in total. The van der Waals surface area contributed by atoms with E-state index in [1.165, 1.54) is 4.90 Å². The summed E-state index contributed by atoms with van der Waals surface area (Å²) in [6, 6.07) is 16.3. The largest absolute Gasteiger partial charge is 0.466 e. The van der Waals surface area contributed by atoms with Crippen LogP contribution in [0.1, 0.15) is 35.7 Å². The third-order valence-electron chi connectivity index (χ3n) is 5.61. The molecule has 2 aromatic carbocycles. The lowest BCUT2D eigenvalue weighted by atomic mass is 9.95. The first kappa shape index (κ1) is 23.0. The van der Waals surface area contributed by atoms with E-state index in [-0.39, 0.29) is 30.2 Å². The molecule has 1 aliphatic rings. The first-order valence-corrected chi connectivity index (χ1v) is 10.7. The average Bonchev–Trinajstić information content (AvgIpc) is 2.83. The third-order valence-corrected chi connectivity index (χ3v) is 5.61. The monoisotopic (exact) mass is 433 g/mol. The molecule has 166 valence electrons. The Hall–Kier alpha value is -3.66. The maximum Gasteiger partial charge on any atom is 0.310 e. The number of hydrogen-bond donors (Lipinski definition) is 0. The summed E-state index contributed by atoms with van der Waals surface area (Å²) in [7, 11) is 1.58. The molecule has 32 heavy (non-hydrogen) atoms. The molecule has 2 amide bonds. The van der Waals surface area contributed by atoms with Gasteiger partial charge in [0.15, 0.2) is 0 Å². The van der Waals surface area contributed by atoms with Gasteiger partial charge in [-0.2, -0.15) is 5.26 Å². The minimum absolute atomic E-state index is 0.0946. The molecule has 1 unspecified atom stereocenters. The number of carbonyl (C=O) groups excluding carboxylic acids is 3. The number of esters is 1. The first-order chi connectivity index (χ1) is 15.5. The summed E-state index contributed by atoms with van der Waals surface area (Å²) in [5, 5.41) is 9.45. The maximum atomic E-state index is 13.2. The van der Waals surface area contributed by atoms with Crippen LogP contribution in [-0.2, 0) is 14.3 Å². The summed E-state index contributed by atoms with van der Waals surface area (Å²) in [6.45, 7) is 2.85. The van der Waals surface area contributed by atoms with Gasteiger partial charge in [-0.15, -0.1) is 0 Å². The number of benzene rings is 2. The second-order valence-electron chi connectivity index (χ2n) is 7.80. The molecule has 1 aliphatic heterocycles. The number of rotatable bonds is 6. The molecule has 1 saturated heterocycles. The Morgan fingerprint density at radius 2 is 1.81 bits per heavy atom. The molecule has 3 rings (SSSR count). The van der Waals surface area contributed by atoms with Crippen LogP contribution in [-0.4, -0.2) is 60.9 Å². The zero-order chi connectivity index (χ0) is 23.1. The van der Waals surface area contributed by atoms with E-state index in [1.54, 1.807) is 55.3 Å². The molecule has 0 bridgehead atoms. The second-order valence-corrected chi connectivity index (χ2v) is 7.80. The zero-order valence-corrected chi connectivity index (χ0v) is 18.4. The third kappa shape index (κ3) is 5.14. The number of likely N-dealkylation sites (tertiary alicyclic amines) is 1. The lowest BCUT2D eigenvalue weighted by molar-refractivity contribution is -0.151. The van der Waals surface area contributed by atoms with Crippen molar-refractivity contribution in [3.05, 3.63) is 59.7 Å². The lowest BCUT2D eigenvalue weighted by Crippen LogP contribution is -2.47. The number of amides is 2. The van der Waals surface area contributed by atoms with Crippen molar-refractivity contribution in [1.29, 1.82) is 5.26 Å². The fourth-order valence-corrected chi connectivity index (χ4v) is 3.96. The highest BCUT2D eigenvalue weighted by Crippen LogP contribution is 2.27. The van der Waals surface area contributed by atoms with Gasteiger partial charge in [0.1, 0.15) is 0 Å². The molecular weight excluding hydrogens is 406 g/mol. The molecule has 0 aromatic heterocycles. The topological polar surface area (TPSA) is 90.7 Å². The van der Waals surface area contributed by atoms with Gasteiger partial charge in [-0.1, -0.05) is 36.4 Å². The number of hydrogen-bond acceptors (Lipinski definition) is 5. The number of ether oxygens (including phenoxy) is 1. The van der Waals surface area contributed by atoms with E-state index in [4.69, 9.17) is 4.74 Å². The smallest absolute Gasteiger partial charge is 0.310 e. The Balaban J connectivity index is 1.74. The predicted molar refractivity (Wildman–Crippen MR) is 119 cm³/mol. The van der Waals surface area contributed by atoms with Crippen LogP contribution in [0.2, 0.25) is 0 Å². The summed E-state index contributed by atoms with van der Waals surface area (Å²) in [5.74, 6) is -1.11. The minimum Gasteiger partial charge on any atom is -0.466 e. The molecule has 0 saturated carbocycles. The van der Waals surface area contributed by atoms with Crippen molar-refractivity contribution < 1.29 is 19.1 Å². The molecule has 7 nitrogen and oxygen atoms in total. The first-order valence-electron chi connectivity index (χ1n) is 10.7. The molecule has 2 aromatic rings. The van der Waals surface area contributed by atoms with Crippen molar-refractivity contribution >= 4 is 17.8 Å². The summed E-state index contributed by atoms with van der Waals surface area (Å²) in [5.41, 5.74) is 2.22. The summed E-state index contributed by atoms with van der Waals surface area (Å²) in [4.78, 5) is 41.1. The van der Waals surface area contributed by atoms with Crippen LogP contribution in [0.5, 0.6) is 0 Å². The number of nitriles is 1. The van der Waals surface area contributed by atoms with E-state index in [9.17, 15) is 19.6 Å². The number of piperidine rings is 1. The van der Waals surface area contributed by atoms with Crippen LogP contribution in [0, 0.1) is 17.2 Å². The summed E-state index contributed by atoms with van der Waals surface area (Å²) < 4.78 is 5.10. The van der Waals surface area contributed by atoms with Crippen molar-refractivity contribution in [2.45, 2.75) is 19.8 Å². The van der Waals surface area contributed by atoms with Crippen molar-refractivity contribution in [2.24, 2.45) is 5.92 Å². The lowest BCUT2D eigenvalue weighted by Gasteiger charge is -2.32. The second kappa shape index (κ2) is 10.6. The van der Waals surface area contributed by atoms with Gasteiger partial charge in [-0.25, -0.2) is 0 Å². The highest BCUT2D eigenvalue weighted by atomic mass is 16.5. The highest BCUT2D eigenvalue weighted by Gasteiger charge is 2.30. The van der Waals surface area contributed by atoms with Crippen LogP contribution >= 0.6 is 0 Å². The molecule has 1 atom stereocenters. The van der Waals surface area contributed by atoms with E-state index < -0.39 is 0 Å². The Bertz CT molecular complexity index is 1040. The van der Waals surface area contributed by atoms with Crippen LogP contribution < -0.4 is 0 Å². The molecule has 0 radical (unpaired) electrons. The van der Waals surface area contributed by atoms with Gasteiger partial charge in [-0.05, 0) is 37.5 Å². The van der Waals surface area contributed by atoms with Crippen molar-refractivity contribution in [3.8, 4) is 17.2 Å². The van der Waals surface area contributed by atoms with Gasteiger partial charge in [0.05, 0.1) is 30.7 Å². The fraction of sp³-hybridized carbons (Fsp3) is 0.360. The zero-order valence-electron chi connectivity index (χ0n) is 18.4. The number of likely N-dealkylation sites (N-methyl/N-ethyl adjacent to an activating group) is 1. The maximum absolute atomic E-state index is 13.2. The normalized spacial score (nSPS) is 15.5. The van der Waals surface area contributed by atoms with E-state index in [1.807, 2.05) is 12.1 Å². The molecular formula is C25H27N3O4. The Labute approximate surface area is 188 Å². The summed E-state index contributed by atoms with van der Waals surface area (Å²) in [6.07, 6.45) is 1.42. The molecule has 0 aliphatic carbocycles. The van der Waals surface area contributed by atoms with Gasteiger partial charge >= 0.3 is 5.97 Å². The summed E-state index contributed by atoms with van der Waals surface area (Å²) >= 11 is 0. The Morgan fingerprint density at radius 3 is 2.53 bits per heavy atom. The van der Waals surface area contributed by atoms with Crippen LogP contribution in [0.4, 0.5) is 0 Å². The fourth-order valence-electron chi connectivity index (χ4n) is 3.96. The predicted octanol–water partition coefficient (Wildman–Crippen LogP) is 3.10. The number of carbonyl (C=O) groups is 3. The van der Waals surface area contributed by atoms with Crippen molar-refractivity contribution in [1.82, 2.24) is 9.80 Å². The quantitative estimate of drug-likeness (QED) is 0.653. The molecule has 7 heteroatoms. The SMILES string of the molecule is CCOC(=O)C1CCCN(C(=O)CN(C)C(=O)c2ccccc2-c2ccccc2C#N)C1. The van der Waals surface area contributed by atoms with E-state index in [0.29, 0.717) is 48.4 Å². The standard InChI is InChI=1S/C25H27N3O4/c1-3-32-25(31)19-10-8-14-28(16-19)23(29)17-27(2)24(30)22-13-7-6-12-21(22)20-11-5-4-9-18(20)15-26/h4-7,9,11-13,19H,3,8,10,14,16-17H2,1-2H3. The van der Waals surface area contributed by atoms with Gasteiger partial charge in [0.25, 0.3) is 5.91 Å². The average molecular weight is 434 g/mol. The van der Waals surface area contributed by atoms with Gasteiger partial charge in [-0.3, -0.25) is 14.4 Å². The van der Waals surface area contributed by atoms with E-state index >= 15 is 0 Å². The number of nitrogens with zero attached hydrogens (tertiary/aromatic N) is 3. The molecule has 1 heterocycles. The van der Waals surface area contributed by atoms with Crippen LogP contribution in [0.15, 0.2) is 48.5 Å². The van der Waals surface area contributed by atoms with E-state index in [2.05, 4.69) is 6.07 Å². The van der Waals surface area contributed by atoms with Crippen LogP contribution in [0.3, 0.4) is 0 Å². The van der Waals surface area contributed by atoms with Crippen molar-refractivity contribution in [3.63, 3.8) is 0 Å². The van der Waals surface area contributed by atoms with Crippen molar-refractivity contribution in [2.75, 3.05) is 33.3 Å². The van der Waals surface area contributed by atoms with Gasteiger partial charge in [0.2, 0.25) is 5.91 Å². The molecule has 0 spiro atoms.